The van der Waals surface area contributed by atoms with E-state index in [1.807, 2.05) is 0 Å². The second-order valence-corrected chi connectivity index (χ2v) is 6.45. The van der Waals surface area contributed by atoms with Crippen LogP contribution in [0.2, 0.25) is 5.02 Å². The predicted molar refractivity (Wildman–Crippen MR) is 91.5 cm³/mol. The molecule has 2 rings (SSSR count). The standard InChI is InChI=1S/C18H23ClN2O3/c19-14-8-4-5-9-15(14)21-17(22)12-16(18(23)24)20-11-10-13-6-2-1-3-7-13/h4-6,8-9,16,20H,1-3,7,10-12H2,(H,21,22)(H,23,24)/t16-/m0/s1. The van der Waals surface area contributed by atoms with Gasteiger partial charge in [-0.3, -0.25) is 4.79 Å². The largest absolute Gasteiger partial charge is 0.544 e. The lowest BCUT2D eigenvalue weighted by molar-refractivity contribution is -0.682. The second kappa shape index (κ2) is 9.45. The summed E-state index contributed by atoms with van der Waals surface area (Å²) in [5.74, 6) is -1.60. The second-order valence-electron chi connectivity index (χ2n) is 6.04. The number of amides is 1. The number of carboxylic acid groups (broad SMARTS) is 1. The average Bonchev–Trinajstić information content (AvgIpc) is 2.57. The number of hydrogen-bond acceptors (Lipinski definition) is 3. The van der Waals surface area contributed by atoms with Gasteiger partial charge in [-0.05, 0) is 37.8 Å². The van der Waals surface area contributed by atoms with E-state index in [1.165, 1.54) is 18.4 Å². The summed E-state index contributed by atoms with van der Waals surface area (Å²) in [6, 6.07) is 5.96. The number of carbonyl (C=O) groups is 2. The topological polar surface area (TPSA) is 85.8 Å². The number of carboxylic acids is 1. The van der Waals surface area contributed by atoms with Gasteiger partial charge in [0.05, 0.1) is 29.6 Å². The SMILES string of the molecule is O=C(C[C@H]([NH2+]CCC1=CCCCC1)C(=O)[O-])Nc1ccccc1Cl. The minimum Gasteiger partial charge on any atom is -0.544 e. The monoisotopic (exact) mass is 350 g/mol. The summed E-state index contributed by atoms with van der Waals surface area (Å²) >= 11 is 5.98. The molecule has 1 aromatic rings. The van der Waals surface area contributed by atoms with E-state index < -0.39 is 12.0 Å². The molecule has 0 saturated heterocycles. The van der Waals surface area contributed by atoms with Gasteiger partial charge in [0, 0.05) is 6.42 Å². The molecule has 1 aliphatic rings. The number of hydrogen-bond donors (Lipinski definition) is 2. The number of nitrogens with one attached hydrogen (secondary N) is 1. The number of benzene rings is 1. The molecule has 1 aliphatic carbocycles. The first kappa shape index (κ1) is 18.5. The maximum absolute atomic E-state index is 12.1. The van der Waals surface area contributed by atoms with Crippen LogP contribution in [-0.2, 0) is 9.59 Å². The zero-order valence-electron chi connectivity index (χ0n) is 13.6. The van der Waals surface area contributed by atoms with Gasteiger partial charge in [-0.2, -0.15) is 0 Å². The zero-order chi connectivity index (χ0) is 17.4. The van der Waals surface area contributed by atoms with Crippen molar-refractivity contribution < 1.29 is 20.0 Å². The predicted octanol–water partition coefficient (Wildman–Crippen LogP) is 1.24. The summed E-state index contributed by atoms with van der Waals surface area (Å²) < 4.78 is 0. The molecule has 1 aromatic carbocycles. The van der Waals surface area contributed by atoms with Crippen LogP contribution in [0, 0.1) is 0 Å². The first-order chi connectivity index (χ1) is 11.6. The number of carbonyl (C=O) groups excluding carboxylic acids is 2. The minimum atomic E-state index is -1.22. The smallest absolute Gasteiger partial charge is 0.230 e. The molecule has 1 amide bonds. The van der Waals surface area contributed by atoms with Crippen molar-refractivity contribution in [2.24, 2.45) is 0 Å². The Labute approximate surface area is 147 Å². The highest BCUT2D eigenvalue weighted by Gasteiger charge is 2.19. The highest BCUT2D eigenvalue weighted by molar-refractivity contribution is 6.33. The molecule has 0 unspecified atom stereocenters. The fourth-order valence-electron chi connectivity index (χ4n) is 2.83. The summed E-state index contributed by atoms with van der Waals surface area (Å²) in [6.07, 6.45) is 7.60. The van der Waals surface area contributed by atoms with Crippen LogP contribution in [0.5, 0.6) is 0 Å². The highest BCUT2D eigenvalue weighted by Crippen LogP contribution is 2.20. The van der Waals surface area contributed by atoms with Crippen LogP contribution in [0.15, 0.2) is 35.9 Å². The number of quaternary nitrogens is 1. The Balaban J connectivity index is 1.81. The number of aliphatic carboxylic acids is 1. The van der Waals surface area contributed by atoms with E-state index in [0.29, 0.717) is 17.3 Å². The number of halogens is 1. The van der Waals surface area contributed by atoms with Gasteiger partial charge in [0.15, 0.2) is 0 Å². The molecule has 6 heteroatoms. The molecule has 0 spiro atoms. The Kier molecular flexibility index (Phi) is 7.28. The van der Waals surface area contributed by atoms with Crippen molar-refractivity contribution in [3.63, 3.8) is 0 Å². The highest BCUT2D eigenvalue weighted by atomic mass is 35.5. The minimum absolute atomic E-state index is 0.146. The van der Waals surface area contributed by atoms with Crippen LogP contribution in [0.1, 0.15) is 38.5 Å². The van der Waals surface area contributed by atoms with Crippen molar-refractivity contribution in [1.82, 2.24) is 0 Å². The third kappa shape index (κ3) is 5.98. The lowest BCUT2D eigenvalue weighted by atomic mass is 9.97. The third-order valence-corrected chi connectivity index (χ3v) is 4.49. The van der Waals surface area contributed by atoms with E-state index in [4.69, 9.17) is 11.6 Å². The van der Waals surface area contributed by atoms with E-state index >= 15 is 0 Å². The first-order valence-electron chi connectivity index (χ1n) is 8.32. The molecule has 5 nitrogen and oxygen atoms in total. The molecular formula is C18H23ClN2O3. The Morgan fingerprint density at radius 3 is 2.75 bits per heavy atom. The summed E-state index contributed by atoms with van der Waals surface area (Å²) in [4.78, 5) is 23.3. The van der Waals surface area contributed by atoms with Gasteiger partial charge in [0.1, 0.15) is 6.04 Å². The molecule has 3 N–H and O–H groups in total. The fourth-order valence-corrected chi connectivity index (χ4v) is 3.01. The molecule has 130 valence electrons. The van der Waals surface area contributed by atoms with Crippen LogP contribution in [-0.4, -0.2) is 24.5 Å². The molecule has 0 aliphatic heterocycles. The Bertz CT molecular complexity index is 616. The van der Waals surface area contributed by atoms with E-state index in [9.17, 15) is 14.7 Å². The van der Waals surface area contributed by atoms with Crippen LogP contribution in [0.3, 0.4) is 0 Å². The molecule has 1 atom stereocenters. The summed E-state index contributed by atoms with van der Waals surface area (Å²) in [6.45, 7) is 0.643. The van der Waals surface area contributed by atoms with Crippen molar-refractivity contribution in [3.05, 3.63) is 40.9 Å². The fraction of sp³-hybridized carbons (Fsp3) is 0.444. The van der Waals surface area contributed by atoms with E-state index in [1.54, 1.807) is 29.6 Å². The Hall–Kier alpha value is -1.85. The van der Waals surface area contributed by atoms with Gasteiger partial charge in [0.2, 0.25) is 5.91 Å². The maximum Gasteiger partial charge on any atom is 0.230 e. The Morgan fingerprint density at radius 2 is 2.08 bits per heavy atom. The molecule has 0 bridgehead atoms. The lowest BCUT2D eigenvalue weighted by Crippen LogP contribution is -2.93. The molecule has 0 fully saturated rings. The molecule has 0 radical (unpaired) electrons. The number of nitrogens with two attached hydrogens (primary N) is 1. The van der Waals surface area contributed by atoms with Gasteiger partial charge < -0.3 is 20.5 Å². The quantitative estimate of drug-likeness (QED) is 0.692. The van der Waals surface area contributed by atoms with E-state index in [-0.39, 0.29) is 12.3 Å². The van der Waals surface area contributed by atoms with Crippen molar-refractivity contribution in [3.8, 4) is 0 Å². The van der Waals surface area contributed by atoms with Crippen LogP contribution in [0.25, 0.3) is 0 Å². The zero-order valence-corrected chi connectivity index (χ0v) is 14.3. The maximum atomic E-state index is 12.1. The van der Waals surface area contributed by atoms with Gasteiger partial charge in [-0.1, -0.05) is 35.4 Å². The Morgan fingerprint density at radius 1 is 1.29 bits per heavy atom. The number of rotatable bonds is 8. The van der Waals surface area contributed by atoms with Crippen LogP contribution >= 0.6 is 11.6 Å². The van der Waals surface area contributed by atoms with Gasteiger partial charge in [-0.15, -0.1) is 0 Å². The van der Waals surface area contributed by atoms with Crippen molar-refractivity contribution in [2.75, 3.05) is 11.9 Å². The summed E-state index contributed by atoms with van der Waals surface area (Å²) in [7, 11) is 0. The first-order valence-corrected chi connectivity index (χ1v) is 8.70. The average molecular weight is 351 g/mol. The summed E-state index contributed by atoms with van der Waals surface area (Å²) in [5.41, 5.74) is 1.86. The number of para-hydroxylation sites is 1. The lowest BCUT2D eigenvalue weighted by Gasteiger charge is -2.18. The molecule has 0 saturated carbocycles. The van der Waals surface area contributed by atoms with E-state index in [0.717, 1.165) is 19.3 Å². The van der Waals surface area contributed by atoms with E-state index in [2.05, 4.69) is 11.4 Å². The van der Waals surface area contributed by atoms with Crippen LogP contribution < -0.4 is 15.7 Å². The molecular weight excluding hydrogens is 328 g/mol. The van der Waals surface area contributed by atoms with Crippen molar-refractivity contribution >= 4 is 29.2 Å². The van der Waals surface area contributed by atoms with Gasteiger partial charge >= 0.3 is 0 Å². The van der Waals surface area contributed by atoms with Gasteiger partial charge in [0.25, 0.3) is 0 Å². The van der Waals surface area contributed by atoms with Crippen LogP contribution in [0.4, 0.5) is 5.69 Å². The molecule has 0 aromatic heterocycles. The van der Waals surface area contributed by atoms with Crippen molar-refractivity contribution in [1.29, 1.82) is 0 Å². The molecule has 0 heterocycles. The number of allylic oxidation sites excluding steroid dienone is 1. The number of anilines is 1. The van der Waals surface area contributed by atoms with Gasteiger partial charge in [-0.25, -0.2) is 0 Å². The van der Waals surface area contributed by atoms with Crippen molar-refractivity contribution in [2.45, 2.75) is 44.6 Å². The summed E-state index contributed by atoms with van der Waals surface area (Å²) in [5, 5.41) is 16.0. The third-order valence-electron chi connectivity index (χ3n) is 4.16. The normalized spacial score (nSPS) is 15.5. The molecule has 24 heavy (non-hydrogen) atoms.